The summed E-state index contributed by atoms with van der Waals surface area (Å²) in [6.07, 6.45) is 0. The first-order chi connectivity index (χ1) is 9.58. The summed E-state index contributed by atoms with van der Waals surface area (Å²) in [5, 5.41) is 0.467. The number of ether oxygens (including phenoxy) is 2. The Hall–Kier alpha value is -1.30. The number of rotatable bonds is 4. The van der Waals surface area contributed by atoms with E-state index in [1.165, 1.54) is 0 Å². The van der Waals surface area contributed by atoms with Crippen LogP contribution in [0.15, 0.2) is 18.2 Å². The predicted octanol–water partition coefficient (Wildman–Crippen LogP) is 1.60. The average Bonchev–Trinajstić information content (AvgIpc) is 2.46. The summed E-state index contributed by atoms with van der Waals surface area (Å²) < 4.78 is 10.7. The summed E-state index contributed by atoms with van der Waals surface area (Å²) in [4.78, 5) is 13.7. The van der Waals surface area contributed by atoms with Crippen LogP contribution < -0.4 is 10.5 Å². The molecule has 110 valence electrons. The fraction of sp³-hybridized carbons (Fsp3) is 0.500. The minimum Gasteiger partial charge on any atom is -0.482 e. The summed E-state index contributed by atoms with van der Waals surface area (Å²) >= 11 is 6.12. The molecule has 1 fully saturated rings. The van der Waals surface area contributed by atoms with Gasteiger partial charge in [-0.05, 0) is 24.6 Å². The zero-order chi connectivity index (χ0) is 14.5. The van der Waals surface area contributed by atoms with Crippen molar-refractivity contribution in [2.24, 2.45) is 5.73 Å². The zero-order valence-electron chi connectivity index (χ0n) is 11.5. The van der Waals surface area contributed by atoms with Gasteiger partial charge in [0.2, 0.25) is 0 Å². The van der Waals surface area contributed by atoms with Crippen LogP contribution in [0.4, 0.5) is 0 Å². The van der Waals surface area contributed by atoms with E-state index >= 15 is 0 Å². The maximum atomic E-state index is 11.9. The highest BCUT2D eigenvalue weighted by atomic mass is 35.5. The van der Waals surface area contributed by atoms with E-state index in [2.05, 4.69) is 0 Å². The van der Waals surface area contributed by atoms with E-state index in [-0.39, 0.29) is 18.6 Å². The number of carbonyl (C=O) groups excluding carboxylic acids is 1. The van der Waals surface area contributed by atoms with Gasteiger partial charge in [-0.15, -0.1) is 0 Å². The zero-order valence-corrected chi connectivity index (χ0v) is 12.2. The molecule has 1 aliphatic heterocycles. The second-order valence-corrected chi connectivity index (χ2v) is 5.17. The van der Waals surface area contributed by atoms with Crippen LogP contribution in [-0.4, -0.2) is 43.7 Å². The first kappa shape index (κ1) is 15.1. The van der Waals surface area contributed by atoms with Crippen LogP contribution in [-0.2, 0) is 9.53 Å². The second kappa shape index (κ2) is 6.92. The number of carbonyl (C=O) groups is 1. The van der Waals surface area contributed by atoms with Gasteiger partial charge in [0.25, 0.3) is 5.91 Å². The molecule has 1 atom stereocenters. The molecule has 0 unspecified atom stereocenters. The average molecular weight is 299 g/mol. The third-order valence-electron chi connectivity index (χ3n) is 3.20. The smallest absolute Gasteiger partial charge is 0.260 e. The monoisotopic (exact) mass is 298 g/mol. The summed E-state index contributed by atoms with van der Waals surface area (Å²) in [6, 6.07) is 5.27. The number of morpholine rings is 1. The van der Waals surface area contributed by atoms with Crippen molar-refractivity contribution >= 4 is 17.5 Å². The molecule has 1 aliphatic rings. The van der Waals surface area contributed by atoms with Crippen molar-refractivity contribution in [1.82, 2.24) is 4.90 Å². The number of benzene rings is 1. The highest BCUT2D eigenvalue weighted by molar-refractivity contribution is 6.32. The van der Waals surface area contributed by atoms with E-state index in [4.69, 9.17) is 26.8 Å². The molecular weight excluding hydrogens is 280 g/mol. The largest absolute Gasteiger partial charge is 0.482 e. The molecule has 0 bridgehead atoms. The van der Waals surface area contributed by atoms with Gasteiger partial charge in [0.1, 0.15) is 5.75 Å². The van der Waals surface area contributed by atoms with Crippen molar-refractivity contribution in [1.29, 1.82) is 0 Å². The normalized spacial score (nSPS) is 16.9. The van der Waals surface area contributed by atoms with Crippen LogP contribution in [0.3, 0.4) is 0 Å². The van der Waals surface area contributed by atoms with Crippen LogP contribution in [0.1, 0.15) is 18.5 Å². The van der Waals surface area contributed by atoms with Crippen molar-refractivity contribution in [3.63, 3.8) is 0 Å². The topological polar surface area (TPSA) is 64.8 Å². The molecular formula is C14H19ClN2O3. The minimum absolute atomic E-state index is 0.0166. The van der Waals surface area contributed by atoms with Crippen LogP contribution >= 0.6 is 11.6 Å². The lowest BCUT2D eigenvalue weighted by molar-refractivity contribution is -0.137. The lowest BCUT2D eigenvalue weighted by Crippen LogP contribution is -2.43. The molecule has 0 radical (unpaired) electrons. The Morgan fingerprint density at radius 2 is 2.20 bits per heavy atom. The fourth-order valence-electron chi connectivity index (χ4n) is 1.96. The summed E-state index contributed by atoms with van der Waals surface area (Å²) in [6.45, 7) is 4.25. The number of nitrogens with two attached hydrogens (primary N) is 1. The van der Waals surface area contributed by atoms with Crippen molar-refractivity contribution in [2.75, 3.05) is 32.9 Å². The van der Waals surface area contributed by atoms with E-state index in [1.807, 2.05) is 13.0 Å². The number of halogens is 1. The van der Waals surface area contributed by atoms with Crippen molar-refractivity contribution in [2.45, 2.75) is 13.0 Å². The van der Waals surface area contributed by atoms with Crippen molar-refractivity contribution in [3.8, 4) is 5.75 Å². The van der Waals surface area contributed by atoms with Gasteiger partial charge in [-0.1, -0.05) is 17.7 Å². The van der Waals surface area contributed by atoms with Crippen LogP contribution in [0.25, 0.3) is 0 Å². The molecule has 0 aromatic heterocycles. The maximum Gasteiger partial charge on any atom is 0.260 e. The summed E-state index contributed by atoms with van der Waals surface area (Å²) in [5.74, 6) is 0.443. The van der Waals surface area contributed by atoms with Gasteiger partial charge in [-0.25, -0.2) is 0 Å². The molecule has 0 saturated carbocycles. The van der Waals surface area contributed by atoms with Gasteiger partial charge < -0.3 is 20.1 Å². The first-order valence-corrected chi connectivity index (χ1v) is 6.99. The molecule has 6 heteroatoms. The molecule has 2 N–H and O–H groups in total. The van der Waals surface area contributed by atoms with Crippen LogP contribution in [0, 0.1) is 0 Å². The highest BCUT2D eigenvalue weighted by Gasteiger charge is 2.17. The molecule has 1 heterocycles. The SMILES string of the molecule is C[C@H](N)c1ccc(OCC(=O)N2CCOCC2)c(Cl)c1. The quantitative estimate of drug-likeness (QED) is 0.917. The fourth-order valence-corrected chi connectivity index (χ4v) is 2.20. The number of amides is 1. The van der Waals surface area contributed by atoms with Crippen molar-refractivity contribution < 1.29 is 14.3 Å². The Kier molecular flexibility index (Phi) is 5.23. The lowest BCUT2D eigenvalue weighted by atomic mass is 10.1. The van der Waals surface area contributed by atoms with E-state index in [1.54, 1.807) is 17.0 Å². The predicted molar refractivity (Wildman–Crippen MR) is 76.9 cm³/mol. The summed E-state index contributed by atoms with van der Waals surface area (Å²) in [5.41, 5.74) is 6.71. The number of hydrogen-bond donors (Lipinski definition) is 1. The van der Waals surface area contributed by atoms with Crippen LogP contribution in [0.2, 0.25) is 5.02 Å². The minimum atomic E-state index is -0.0865. The Morgan fingerprint density at radius 3 is 2.80 bits per heavy atom. The first-order valence-electron chi connectivity index (χ1n) is 6.61. The van der Waals surface area contributed by atoms with E-state index in [0.29, 0.717) is 37.1 Å². The third kappa shape index (κ3) is 3.85. The molecule has 2 rings (SSSR count). The Labute approximate surface area is 123 Å². The van der Waals surface area contributed by atoms with Crippen molar-refractivity contribution in [3.05, 3.63) is 28.8 Å². The second-order valence-electron chi connectivity index (χ2n) is 4.76. The Bertz CT molecular complexity index is 473. The van der Waals surface area contributed by atoms with E-state index in [9.17, 15) is 4.79 Å². The molecule has 1 amide bonds. The maximum absolute atomic E-state index is 11.9. The van der Waals surface area contributed by atoms with Gasteiger partial charge in [0, 0.05) is 19.1 Å². The number of nitrogens with zero attached hydrogens (tertiary/aromatic N) is 1. The molecule has 1 aromatic carbocycles. The van der Waals surface area contributed by atoms with Gasteiger partial charge in [-0.3, -0.25) is 4.79 Å². The van der Waals surface area contributed by atoms with Gasteiger partial charge >= 0.3 is 0 Å². The van der Waals surface area contributed by atoms with Crippen LogP contribution in [0.5, 0.6) is 5.75 Å². The Balaban J connectivity index is 1.91. The molecule has 1 saturated heterocycles. The Morgan fingerprint density at radius 1 is 1.50 bits per heavy atom. The van der Waals surface area contributed by atoms with E-state index < -0.39 is 0 Å². The molecule has 0 spiro atoms. The standard InChI is InChI=1S/C14H19ClN2O3/c1-10(16)11-2-3-13(12(15)8-11)20-9-14(18)17-4-6-19-7-5-17/h2-3,8,10H,4-7,9,16H2,1H3/t10-/m0/s1. The van der Waals surface area contributed by atoms with E-state index in [0.717, 1.165) is 5.56 Å². The molecule has 5 nitrogen and oxygen atoms in total. The molecule has 20 heavy (non-hydrogen) atoms. The van der Waals surface area contributed by atoms with Gasteiger partial charge in [0.15, 0.2) is 6.61 Å². The molecule has 0 aliphatic carbocycles. The van der Waals surface area contributed by atoms with Gasteiger partial charge in [0.05, 0.1) is 18.2 Å². The van der Waals surface area contributed by atoms with Gasteiger partial charge in [-0.2, -0.15) is 0 Å². The number of hydrogen-bond acceptors (Lipinski definition) is 4. The molecule has 1 aromatic rings. The summed E-state index contributed by atoms with van der Waals surface area (Å²) in [7, 11) is 0. The third-order valence-corrected chi connectivity index (χ3v) is 3.49. The lowest BCUT2D eigenvalue weighted by Gasteiger charge is -2.26. The highest BCUT2D eigenvalue weighted by Crippen LogP contribution is 2.27.